The lowest BCUT2D eigenvalue weighted by molar-refractivity contribution is -0.133. The average Bonchev–Trinajstić information content (AvgIpc) is 2.91. The van der Waals surface area contributed by atoms with E-state index in [1.165, 1.54) is 32.1 Å². The molecular weight excluding hydrogens is 498 g/mol. The molecule has 220 valence electrons. The first kappa shape index (κ1) is 31.7. The van der Waals surface area contributed by atoms with Crippen molar-refractivity contribution in [2.75, 3.05) is 13.6 Å². The second kappa shape index (κ2) is 15.2. The number of hydrogen-bond donors (Lipinski definition) is 2. The SMILES string of the molecule is CC(C)CC(C(=O)NC(Cc1ccc(OCc2ccccc2)cc1)C(=O)NC(C)(C)C)N(C)CC1CCCCC1. The lowest BCUT2D eigenvalue weighted by Gasteiger charge is -2.34. The first-order valence-corrected chi connectivity index (χ1v) is 15.1. The van der Waals surface area contributed by atoms with Gasteiger partial charge in [-0.25, -0.2) is 0 Å². The lowest BCUT2D eigenvalue weighted by Crippen LogP contribution is -2.57. The number of benzene rings is 2. The van der Waals surface area contributed by atoms with Crippen LogP contribution in [-0.4, -0.2) is 47.9 Å². The zero-order valence-corrected chi connectivity index (χ0v) is 25.5. The van der Waals surface area contributed by atoms with Gasteiger partial charge in [0.1, 0.15) is 18.4 Å². The van der Waals surface area contributed by atoms with Crippen molar-refractivity contribution in [1.29, 1.82) is 0 Å². The highest BCUT2D eigenvalue weighted by molar-refractivity contribution is 5.90. The Morgan fingerprint density at radius 1 is 0.925 bits per heavy atom. The van der Waals surface area contributed by atoms with Gasteiger partial charge in [0.05, 0.1) is 6.04 Å². The first-order chi connectivity index (χ1) is 19.0. The number of rotatable bonds is 13. The molecule has 2 amide bonds. The van der Waals surface area contributed by atoms with Crippen LogP contribution in [-0.2, 0) is 22.6 Å². The predicted molar refractivity (Wildman–Crippen MR) is 163 cm³/mol. The van der Waals surface area contributed by atoms with Crippen molar-refractivity contribution in [1.82, 2.24) is 15.5 Å². The van der Waals surface area contributed by atoms with E-state index >= 15 is 0 Å². The number of nitrogens with zero attached hydrogens (tertiary/aromatic N) is 1. The zero-order chi connectivity index (χ0) is 29.1. The highest BCUT2D eigenvalue weighted by Crippen LogP contribution is 2.25. The maximum atomic E-state index is 13.8. The molecule has 0 saturated heterocycles. The summed E-state index contributed by atoms with van der Waals surface area (Å²) >= 11 is 0. The monoisotopic (exact) mass is 549 g/mol. The summed E-state index contributed by atoms with van der Waals surface area (Å²) in [7, 11) is 2.07. The second-order valence-electron chi connectivity index (χ2n) is 13.0. The molecule has 1 saturated carbocycles. The molecule has 6 nitrogen and oxygen atoms in total. The normalized spacial score (nSPS) is 16.0. The summed E-state index contributed by atoms with van der Waals surface area (Å²) in [5.74, 6) is 1.56. The molecule has 0 aromatic heterocycles. The maximum Gasteiger partial charge on any atom is 0.243 e. The van der Waals surface area contributed by atoms with Gasteiger partial charge in [-0.2, -0.15) is 0 Å². The Balaban J connectivity index is 1.70. The standard InChI is InChI=1S/C34H51N3O3/c1-25(2)21-31(37(6)23-27-13-9-7-10-14-27)33(39)35-30(32(38)36-34(3,4)5)22-26-17-19-29(20-18-26)40-24-28-15-11-8-12-16-28/h8,11-12,15-20,25,27,30-31H,7,9-10,13-14,21-24H2,1-6H3,(H,35,39)(H,36,38). The number of likely N-dealkylation sites (N-methyl/N-ethyl adjacent to an activating group) is 1. The van der Waals surface area contributed by atoms with Gasteiger partial charge in [0, 0.05) is 18.5 Å². The van der Waals surface area contributed by atoms with Crippen molar-refractivity contribution in [2.24, 2.45) is 11.8 Å². The Bertz CT molecular complexity index is 1040. The molecule has 6 heteroatoms. The van der Waals surface area contributed by atoms with Crippen LogP contribution in [0, 0.1) is 11.8 Å². The summed E-state index contributed by atoms with van der Waals surface area (Å²) in [6.45, 7) is 11.6. The topological polar surface area (TPSA) is 70.7 Å². The van der Waals surface area contributed by atoms with E-state index in [4.69, 9.17) is 4.74 Å². The van der Waals surface area contributed by atoms with Gasteiger partial charge in [0.2, 0.25) is 11.8 Å². The van der Waals surface area contributed by atoms with Gasteiger partial charge in [0.25, 0.3) is 0 Å². The van der Waals surface area contributed by atoms with Crippen molar-refractivity contribution < 1.29 is 14.3 Å². The van der Waals surface area contributed by atoms with Crippen molar-refractivity contribution >= 4 is 11.8 Å². The number of nitrogens with one attached hydrogen (secondary N) is 2. The molecule has 0 bridgehead atoms. The smallest absolute Gasteiger partial charge is 0.243 e. The van der Waals surface area contributed by atoms with Crippen LogP contribution in [0.2, 0.25) is 0 Å². The third-order valence-electron chi connectivity index (χ3n) is 7.54. The van der Waals surface area contributed by atoms with E-state index in [2.05, 4.69) is 36.4 Å². The van der Waals surface area contributed by atoms with E-state index in [0.717, 1.165) is 29.8 Å². The molecule has 40 heavy (non-hydrogen) atoms. The first-order valence-electron chi connectivity index (χ1n) is 15.1. The number of ether oxygens (including phenoxy) is 1. The average molecular weight is 550 g/mol. The Hall–Kier alpha value is -2.86. The van der Waals surface area contributed by atoms with Crippen LogP contribution in [0.3, 0.4) is 0 Å². The van der Waals surface area contributed by atoms with Crippen LogP contribution in [0.1, 0.15) is 84.3 Å². The van der Waals surface area contributed by atoms with Crippen LogP contribution in [0.25, 0.3) is 0 Å². The molecular formula is C34H51N3O3. The van der Waals surface area contributed by atoms with Crippen molar-refractivity contribution in [2.45, 2.75) is 104 Å². The van der Waals surface area contributed by atoms with E-state index in [1.54, 1.807) is 0 Å². The highest BCUT2D eigenvalue weighted by atomic mass is 16.5. The Morgan fingerprint density at radius 3 is 2.17 bits per heavy atom. The Kier molecular flexibility index (Phi) is 12.1. The highest BCUT2D eigenvalue weighted by Gasteiger charge is 2.31. The number of amides is 2. The third-order valence-corrected chi connectivity index (χ3v) is 7.54. The molecule has 0 heterocycles. The van der Waals surface area contributed by atoms with Gasteiger partial charge in [-0.1, -0.05) is 75.6 Å². The van der Waals surface area contributed by atoms with Crippen LogP contribution < -0.4 is 15.4 Å². The maximum absolute atomic E-state index is 13.8. The second-order valence-corrected chi connectivity index (χ2v) is 13.0. The summed E-state index contributed by atoms with van der Waals surface area (Å²) < 4.78 is 5.93. The van der Waals surface area contributed by atoms with Gasteiger partial charge in [0.15, 0.2) is 0 Å². The largest absolute Gasteiger partial charge is 0.489 e. The molecule has 0 aliphatic heterocycles. The minimum atomic E-state index is -0.666. The molecule has 0 spiro atoms. The molecule has 3 rings (SSSR count). The number of carbonyl (C=O) groups is 2. The fourth-order valence-corrected chi connectivity index (χ4v) is 5.47. The molecule has 2 unspecified atom stereocenters. The summed E-state index contributed by atoms with van der Waals surface area (Å²) in [5.41, 5.74) is 1.68. The molecule has 1 aliphatic carbocycles. The zero-order valence-electron chi connectivity index (χ0n) is 25.5. The van der Waals surface area contributed by atoms with Crippen LogP contribution in [0.4, 0.5) is 0 Å². The summed E-state index contributed by atoms with van der Waals surface area (Å²) in [4.78, 5) is 29.4. The van der Waals surface area contributed by atoms with Gasteiger partial charge in [-0.05, 0) is 82.2 Å². The predicted octanol–water partition coefficient (Wildman–Crippen LogP) is 6.13. The van der Waals surface area contributed by atoms with E-state index < -0.39 is 11.6 Å². The number of hydrogen-bond acceptors (Lipinski definition) is 4. The Morgan fingerprint density at radius 2 is 1.57 bits per heavy atom. The van der Waals surface area contributed by atoms with Crippen molar-refractivity contribution in [3.8, 4) is 5.75 Å². The minimum absolute atomic E-state index is 0.0658. The molecule has 0 radical (unpaired) electrons. The van der Waals surface area contributed by atoms with E-state index in [1.807, 2.05) is 75.4 Å². The summed E-state index contributed by atoms with van der Waals surface area (Å²) in [5, 5.41) is 6.23. The van der Waals surface area contributed by atoms with E-state index in [0.29, 0.717) is 24.9 Å². The molecule has 2 aromatic carbocycles. The van der Waals surface area contributed by atoms with Crippen molar-refractivity contribution in [3.05, 3.63) is 65.7 Å². The van der Waals surface area contributed by atoms with Gasteiger partial charge in [-0.3, -0.25) is 14.5 Å². The van der Waals surface area contributed by atoms with Gasteiger partial charge in [-0.15, -0.1) is 0 Å². The van der Waals surface area contributed by atoms with E-state index in [9.17, 15) is 9.59 Å². The Labute approximate surface area is 242 Å². The fourth-order valence-electron chi connectivity index (χ4n) is 5.47. The molecule has 1 fully saturated rings. The van der Waals surface area contributed by atoms with Crippen LogP contribution in [0.5, 0.6) is 5.75 Å². The lowest BCUT2D eigenvalue weighted by atomic mass is 9.88. The van der Waals surface area contributed by atoms with Crippen molar-refractivity contribution in [3.63, 3.8) is 0 Å². The minimum Gasteiger partial charge on any atom is -0.489 e. The van der Waals surface area contributed by atoms with Gasteiger partial charge < -0.3 is 15.4 Å². The fraction of sp³-hybridized carbons (Fsp3) is 0.588. The van der Waals surface area contributed by atoms with Gasteiger partial charge >= 0.3 is 0 Å². The molecule has 2 aromatic rings. The molecule has 2 atom stereocenters. The molecule has 2 N–H and O–H groups in total. The number of carbonyl (C=O) groups excluding carboxylic acids is 2. The summed E-state index contributed by atoms with van der Waals surface area (Å²) in [6.07, 6.45) is 7.53. The third kappa shape index (κ3) is 11.0. The summed E-state index contributed by atoms with van der Waals surface area (Å²) in [6, 6.07) is 16.9. The quantitative estimate of drug-likeness (QED) is 0.315. The van der Waals surface area contributed by atoms with Crippen LogP contribution in [0.15, 0.2) is 54.6 Å². The van der Waals surface area contributed by atoms with Crippen LogP contribution >= 0.6 is 0 Å². The van der Waals surface area contributed by atoms with E-state index in [-0.39, 0.29) is 17.9 Å². The molecule has 1 aliphatic rings.